The largest absolute Gasteiger partial charge is 0.338 e. The molecule has 0 aliphatic carbocycles. The fourth-order valence-corrected chi connectivity index (χ4v) is 3.60. The molecule has 0 aliphatic heterocycles. The molecule has 1 atom stereocenters. The summed E-state index contributed by atoms with van der Waals surface area (Å²) in [5, 5.41) is 13.6. The van der Waals surface area contributed by atoms with Crippen LogP contribution in [0.2, 0.25) is 0 Å². The van der Waals surface area contributed by atoms with Gasteiger partial charge in [-0.2, -0.15) is 4.98 Å². The Labute approximate surface area is 164 Å². The first-order chi connectivity index (χ1) is 12.8. The minimum absolute atomic E-state index is 0.0159. The van der Waals surface area contributed by atoms with Crippen molar-refractivity contribution in [2.24, 2.45) is 7.05 Å². The van der Waals surface area contributed by atoms with Crippen LogP contribution < -0.4 is 0 Å². The first kappa shape index (κ1) is 19.6. The van der Waals surface area contributed by atoms with Crippen LogP contribution in [0, 0.1) is 0 Å². The van der Waals surface area contributed by atoms with E-state index in [0.717, 1.165) is 35.2 Å². The van der Waals surface area contributed by atoms with Gasteiger partial charge in [0.25, 0.3) is 0 Å². The summed E-state index contributed by atoms with van der Waals surface area (Å²) >= 11 is 1.57. The van der Waals surface area contributed by atoms with Crippen molar-refractivity contribution in [2.75, 3.05) is 0 Å². The van der Waals surface area contributed by atoms with Gasteiger partial charge in [0.05, 0.1) is 5.25 Å². The van der Waals surface area contributed by atoms with Gasteiger partial charge in [-0.25, -0.2) is 0 Å². The Hall–Kier alpha value is -2.15. The molecular weight excluding hydrogens is 358 g/mol. The van der Waals surface area contributed by atoms with Gasteiger partial charge < -0.3 is 9.09 Å². The van der Waals surface area contributed by atoms with Crippen LogP contribution in [0.5, 0.6) is 0 Å². The van der Waals surface area contributed by atoms with Gasteiger partial charge in [-0.3, -0.25) is 0 Å². The normalized spacial score (nSPS) is 13.1. The average molecular weight is 386 g/mol. The first-order valence-electron chi connectivity index (χ1n) is 9.29. The number of hydrogen-bond acceptors (Lipinski definition) is 6. The van der Waals surface area contributed by atoms with Gasteiger partial charge in [-0.15, -0.1) is 10.2 Å². The smallest absolute Gasteiger partial charge is 0.239 e. The molecule has 0 bridgehead atoms. The zero-order chi connectivity index (χ0) is 19.6. The summed E-state index contributed by atoms with van der Waals surface area (Å²) in [6.45, 7) is 10.8. The molecule has 0 saturated carbocycles. The van der Waals surface area contributed by atoms with Crippen LogP contribution in [0.25, 0.3) is 11.4 Å². The quantitative estimate of drug-likeness (QED) is 0.558. The van der Waals surface area contributed by atoms with Crippen molar-refractivity contribution >= 4 is 11.8 Å². The van der Waals surface area contributed by atoms with Crippen LogP contribution in [-0.2, 0) is 18.9 Å². The molecule has 7 heteroatoms. The molecule has 0 unspecified atom stereocenters. The third-order valence-corrected chi connectivity index (χ3v) is 5.55. The highest BCUT2D eigenvalue weighted by molar-refractivity contribution is 7.99. The molecule has 0 fully saturated rings. The summed E-state index contributed by atoms with van der Waals surface area (Å²) in [5.74, 6) is 2.24. The number of rotatable bonds is 6. The SMILES string of the molecule is CCCc1noc([C@H](C)Sc2nnc(-c3ccc(C(C)(C)C)cc3)n2C)n1. The summed E-state index contributed by atoms with van der Waals surface area (Å²) in [5.41, 5.74) is 2.49. The lowest BCUT2D eigenvalue weighted by Crippen LogP contribution is -2.10. The van der Waals surface area contributed by atoms with Crippen molar-refractivity contribution in [3.05, 3.63) is 41.5 Å². The maximum Gasteiger partial charge on any atom is 0.239 e. The molecule has 144 valence electrons. The third kappa shape index (κ3) is 4.40. The molecule has 0 aliphatic rings. The highest BCUT2D eigenvalue weighted by Crippen LogP contribution is 2.34. The second-order valence-electron chi connectivity index (χ2n) is 7.75. The lowest BCUT2D eigenvalue weighted by atomic mass is 9.87. The number of thioether (sulfide) groups is 1. The Balaban J connectivity index is 1.76. The van der Waals surface area contributed by atoms with Crippen molar-refractivity contribution in [1.82, 2.24) is 24.9 Å². The lowest BCUT2D eigenvalue weighted by Gasteiger charge is -2.19. The van der Waals surface area contributed by atoms with E-state index < -0.39 is 0 Å². The predicted molar refractivity (Wildman–Crippen MR) is 108 cm³/mol. The van der Waals surface area contributed by atoms with Crippen molar-refractivity contribution in [3.63, 3.8) is 0 Å². The van der Waals surface area contributed by atoms with E-state index in [1.54, 1.807) is 11.8 Å². The fourth-order valence-electron chi connectivity index (χ4n) is 2.75. The van der Waals surface area contributed by atoms with E-state index in [1.165, 1.54) is 5.56 Å². The van der Waals surface area contributed by atoms with E-state index in [4.69, 9.17) is 4.52 Å². The van der Waals surface area contributed by atoms with Crippen LogP contribution in [-0.4, -0.2) is 24.9 Å². The van der Waals surface area contributed by atoms with Gasteiger partial charge >= 0.3 is 0 Å². The second kappa shape index (κ2) is 7.84. The first-order valence-corrected chi connectivity index (χ1v) is 10.2. The van der Waals surface area contributed by atoms with Gasteiger partial charge in [-0.1, -0.05) is 68.9 Å². The van der Waals surface area contributed by atoms with Crippen molar-refractivity contribution in [2.45, 2.75) is 63.3 Å². The standard InChI is InChI=1S/C20H27N5OS/c1-7-8-16-21-18(26-24-16)13(2)27-19-23-22-17(25(19)6)14-9-11-15(12-10-14)20(3,4)5/h9-13H,7-8H2,1-6H3/t13-/m0/s1. The minimum atomic E-state index is 0.0159. The Morgan fingerprint density at radius 3 is 2.48 bits per heavy atom. The van der Waals surface area contributed by atoms with Crippen molar-refractivity contribution in [1.29, 1.82) is 0 Å². The molecule has 0 saturated heterocycles. The van der Waals surface area contributed by atoms with Crippen LogP contribution in [0.1, 0.15) is 63.6 Å². The second-order valence-corrected chi connectivity index (χ2v) is 9.06. The molecule has 2 heterocycles. The zero-order valence-corrected chi connectivity index (χ0v) is 17.7. The van der Waals surface area contributed by atoms with Gasteiger partial charge in [0.1, 0.15) is 0 Å². The van der Waals surface area contributed by atoms with Crippen molar-refractivity contribution in [3.8, 4) is 11.4 Å². The van der Waals surface area contributed by atoms with E-state index in [-0.39, 0.29) is 10.7 Å². The van der Waals surface area contributed by atoms with Crippen LogP contribution in [0.4, 0.5) is 0 Å². The van der Waals surface area contributed by atoms with E-state index in [1.807, 2.05) is 18.5 Å². The van der Waals surface area contributed by atoms with Gasteiger partial charge in [0.15, 0.2) is 16.8 Å². The van der Waals surface area contributed by atoms with E-state index in [9.17, 15) is 0 Å². The van der Waals surface area contributed by atoms with Crippen molar-refractivity contribution < 1.29 is 4.52 Å². The molecule has 0 spiro atoms. The number of hydrogen-bond donors (Lipinski definition) is 0. The topological polar surface area (TPSA) is 69.6 Å². The molecule has 0 amide bonds. The predicted octanol–water partition coefficient (Wildman–Crippen LogP) is 4.97. The van der Waals surface area contributed by atoms with Crippen LogP contribution >= 0.6 is 11.8 Å². The van der Waals surface area contributed by atoms with Crippen LogP contribution in [0.3, 0.4) is 0 Å². The molecular formula is C20H27N5OS. The summed E-state index contributed by atoms with van der Waals surface area (Å²) in [6, 6.07) is 8.54. The van der Waals surface area contributed by atoms with E-state index in [0.29, 0.717) is 5.89 Å². The summed E-state index contributed by atoms with van der Waals surface area (Å²) in [4.78, 5) is 4.47. The molecule has 27 heavy (non-hydrogen) atoms. The summed E-state index contributed by atoms with van der Waals surface area (Å²) in [7, 11) is 1.98. The van der Waals surface area contributed by atoms with Gasteiger partial charge in [-0.05, 0) is 24.3 Å². The zero-order valence-electron chi connectivity index (χ0n) is 16.9. The monoisotopic (exact) mass is 385 g/mol. The number of aromatic nitrogens is 5. The Morgan fingerprint density at radius 2 is 1.85 bits per heavy atom. The van der Waals surface area contributed by atoms with E-state index in [2.05, 4.69) is 72.3 Å². The highest BCUT2D eigenvalue weighted by atomic mass is 32.2. The maximum atomic E-state index is 5.39. The lowest BCUT2D eigenvalue weighted by molar-refractivity contribution is 0.374. The molecule has 0 N–H and O–H groups in total. The number of aryl methyl sites for hydroxylation is 1. The van der Waals surface area contributed by atoms with Gasteiger partial charge in [0.2, 0.25) is 5.89 Å². The molecule has 1 aromatic carbocycles. The molecule has 2 aromatic heterocycles. The minimum Gasteiger partial charge on any atom is -0.338 e. The van der Waals surface area contributed by atoms with Gasteiger partial charge in [0, 0.05) is 19.0 Å². The molecule has 6 nitrogen and oxygen atoms in total. The molecule has 3 rings (SSSR count). The Morgan fingerprint density at radius 1 is 1.15 bits per heavy atom. The maximum absolute atomic E-state index is 5.39. The average Bonchev–Trinajstić information content (AvgIpc) is 3.22. The van der Waals surface area contributed by atoms with E-state index >= 15 is 0 Å². The summed E-state index contributed by atoms with van der Waals surface area (Å²) < 4.78 is 7.40. The Bertz CT molecular complexity index is 892. The number of benzene rings is 1. The van der Waals surface area contributed by atoms with Crippen LogP contribution in [0.15, 0.2) is 33.9 Å². The third-order valence-electron chi connectivity index (χ3n) is 4.43. The molecule has 0 radical (unpaired) electrons. The Kier molecular flexibility index (Phi) is 5.69. The summed E-state index contributed by atoms with van der Waals surface area (Å²) in [6.07, 6.45) is 1.83. The molecule has 3 aromatic rings. The fraction of sp³-hybridized carbons (Fsp3) is 0.500. The number of nitrogens with zero attached hydrogens (tertiary/aromatic N) is 5. The highest BCUT2D eigenvalue weighted by Gasteiger charge is 2.20.